The summed E-state index contributed by atoms with van der Waals surface area (Å²) in [5.74, 6) is -0.0992. The number of halogens is 3. The maximum absolute atomic E-state index is 12.0. The molecule has 9 heteroatoms. The van der Waals surface area contributed by atoms with Gasteiger partial charge in [-0.2, -0.15) is 4.98 Å². The van der Waals surface area contributed by atoms with E-state index in [0.717, 1.165) is 0 Å². The minimum absolute atomic E-state index is 0.208. The van der Waals surface area contributed by atoms with E-state index >= 15 is 0 Å². The second-order valence-corrected chi connectivity index (χ2v) is 8.29. The zero-order valence-corrected chi connectivity index (χ0v) is 15.1. The van der Waals surface area contributed by atoms with Gasteiger partial charge < -0.3 is 10.1 Å². The molecule has 1 amide bonds. The van der Waals surface area contributed by atoms with E-state index < -0.39 is 15.4 Å². The molecule has 0 saturated heterocycles. The van der Waals surface area contributed by atoms with Crippen LogP contribution in [0, 0.1) is 5.41 Å². The summed E-state index contributed by atoms with van der Waals surface area (Å²) in [6, 6.07) is 1.52. The molecule has 0 aliphatic rings. The number of nitrogens with one attached hydrogen (secondary N) is 1. The lowest BCUT2D eigenvalue weighted by atomic mass is 9.96. The van der Waals surface area contributed by atoms with Crippen LogP contribution in [0.3, 0.4) is 0 Å². The number of rotatable bonds is 4. The van der Waals surface area contributed by atoms with E-state index in [4.69, 9.17) is 39.5 Å². The first-order chi connectivity index (χ1) is 9.54. The highest BCUT2D eigenvalue weighted by molar-refractivity contribution is 7.98. The van der Waals surface area contributed by atoms with E-state index in [0.29, 0.717) is 5.16 Å². The number of alkyl halides is 3. The van der Waals surface area contributed by atoms with Crippen LogP contribution in [0.25, 0.3) is 0 Å². The molecule has 1 aromatic rings. The van der Waals surface area contributed by atoms with Crippen LogP contribution in [0.1, 0.15) is 20.8 Å². The molecule has 0 aromatic carbocycles. The van der Waals surface area contributed by atoms with Gasteiger partial charge in [-0.1, -0.05) is 67.3 Å². The smallest absolute Gasteiger partial charge is 0.246 e. The van der Waals surface area contributed by atoms with Gasteiger partial charge in [-0.25, -0.2) is 4.98 Å². The molecule has 118 valence electrons. The lowest BCUT2D eigenvalue weighted by molar-refractivity contribution is -0.131. The summed E-state index contributed by atoms with van der Waals surface area (Å²) < 4.78 is 3.65. The van der Waals surface area contributed by atoms with Gasteiger partial charge in [0.25, 0.3) is 0 Å². The number of carbonyl (C=O) groups is 1. The molecule has 1 unspecified atom stereocenters. The second-order valence-electron chi connectivity index (χ2n) is 5.14. The molecule has 0 fully saturated rings. The topological polar surface area (TPSA) is 64.1 Å². The Labute approximate surface area is 143 Å². The third-order valence-electron chi connectivity index (χ3n) is 2.27. The molecule has 0 aliphatic heterocycles. The number of hydrogen-bond acceptors (Lipinski definition) is 5. The lowest BCUT2D eigenvalue weighted by Gasteiger charge is -2.28. The van der Waals surface area contributed by atoms with E-state index in [1.54, 1.807) is 20.8 Å². The van der Waals surface area contributed by atoms with Crippen LogP contribution in [0.5, 0.6) is 5.88 Å². The van der Waals surface area contributed by atoms with Gasteiger partial charge in [0.2, 0.25) is 21.8 Å². The van der Waals surface area contributed by atoms with Crippen LogP contribution in [0.2, 0.25) is 0 Å². The minimum atomic E-state index is -1.84. The van der Waals surface area contributed by atoms with Crippen LogP contribution in [-0.4, -0.2) is 32.2 Å². The summed E-state index contributed by atoms with van der Waals surface area (Å²) in [7, 11) is 0. The number of nitrogens with zero attached hydrogens (tertiary/aromatic N) is 2. The zero-order chi connectivity index (χ0) is 16.3. The molecule has 1 rings (SSSR count). The highest BCUT2D eigenvalue weighted by Gasteiger charge is 2.38. The van der Waals surface area contributed by atoms with Gasteiger partial charge in [-0.15, -0.1) is 0 Å². The Bertz CT molecular complexity index is 503. The second kappa shape index (κ2) is 7.22. The van der Waals surface area contributed by atoms with Crippen LogP contribution < -0.4 is 10.1 Å². The van der Waals surface area contributed by atoms with Crippen molar-refractivity contribution in [3.8, 4) is 5.88 Å². The van der Waals surface area contributed by atoms with Crippen LogP contribution in [-0.2, 0) is 4.79 Å². The van der Waals surface area contributed by atoms with E-state index in [9.17, 15) is 4.79 Å². The summed E-state index contributed by atoms with van der Waals surface area (Å²) in [6.45, 7) is 5.23. The van der Waals surface area contributed by atoms with Gasteiger partial charge >= 0.3 is 0 Å². The number of thioether (sulfide) groups is 1. The normalized spacial score (nSPS) is 13.7. The van der Waals surface area contributed by atoms with Crippen molar-refractivity contribution < 1.29 is 9.53 Å². The summed E-state index contributed by atoms with van der Waals surface area (Å²) >= 11 is 18.9. The van der Waals surface area contributed by atoms with Crippen LogP contribution >= 0.6 is 46.6 Å². The van der Waals surface area contributed by atoms with Crippen LogP contribution in [0.4, 0.5) is 0 Å². The molecule has 1 atom stereocenters. The summed E-state index contributed by atoms with van der Waals surface area (Å²) in [4.78, 5) is 20.2. The molecule has 1 aromatic heterocycles. The van der Waals surface area contributed by atoms with E-state index in [2.05, 4.69) is 15.3 Å². The molecule has 1 N–H and O–H groups in total. The van der Waals surface area contributed by atoms with E-state index in [1.165, 1.54) is 24.0 Å². The SMILES string of the molecule is CSc1nccc(OC(NC(=O)C(C)(C)C)C(Cl)(Cl)Cl)n1. The fraction of sp³-hybridized carbons (Fsp3) is 0.583. The van der Waals surface area contributed by atoms with Crippen molar-refractivity contribution in [3.05, 3.63) is 12.3 Å². The van der Waals surface area contributed by atoms with Crippen molar-refractivity contribution >= 4 is 52.5 Å². The Kier molecular flexibility index (Phi) is 6.40. The number of carbonyl (C=O) groups excluding carboxylic acids is 1. The fourth-order valence-electron chi connectivity index (χ4n) is 1.12. The zero-order valence-electron chi connectivity index (χ0n) is 12.0. The Balaban J connectivity index is 2.91. The summed E-state index contributed by atoms with van der Waals surface area (Å²) in [6.07, 6.45) is 2.18. The molecular weight excluding hydrogens is 357 g/mol. The third kappa shape index (κ3) is 6.06. The van der Waals surface area contributed by atoms with Gasteiger partial charge in [0.1, 0.15) is 0 Å². The van der Waals surface area contributed by atoms with Gasteiger partial charge in [0, 0.05) is 17.7 Å². The predicted molar refractivity (Wildman–Crippen MR) is 86.1 cm³/mol. The monoisotopic (exact) mass is 371 g/mol. The third-order valence-corrected chi connectivity index (χ3v) is 3.43. The molecule has 21 heavy (non-hydrogen) atoms. The predicted octanol–water partition coefficient (Wildman–Crippen LogP) is 3.44. The first kappa shape index (κ1) is 18.6. The minimum Gasteiger partial charge on any atom is -0.449 e. The van der Waals surface area contributed by atoms with E-state index in [1.807, 2.05) is 6.26 Å². The van der Waals surface area contributed by atoms with Gasteiger partial charge in [0.05, 0.1) is 0 Å². The molecule has 1 heterocycles. The average Bonchev–Trinajstić information content (AvgIpc) is 2.36. The van der Waals surface area contributed by atoms with Gasteiger partial charge in [-0.3, -0.25) is 4.79 Å². The van der Waals surface area contributed by atoms with E-state index in [-0.39, 0.29) is 11.8 Å². The largest absolute Gasteiger partial charge is 0.449 e. The highest BCUT2D eigenvalue weighted by atomic mass is 35.6. The molecule has 5 nitrogen and oxygen atoms in total. The Morgan fingerprint density at radius 3 is 2.48 bits per heavy atom. The standard InChI is InChI=1S/C12H16Cl3N3O2S/c1-11(2,3)8(19)18-9(12(13,14)15)20-7-5-6-16-10(17-7)21-4/h5-6,9H,1-4H3,(H,18,19). The lowest BCUT2D eigenvalue weighted by Crippen LogP contribution is -2.51. The number of ether oxygens (including phenoxy) is 1. The molecule has 0 spiro atoms. The summed E-state index contributed by atoms with van der Waals surface area (Å²) in [5, 5.41) is 3.07. The molecule has 0 bridgehead atoms. The maximum Gasteiger partial charge on any atom is 0.246 e. The van der Waals surface area contributed by atoms with Crippen molar-refractivity contribution in [3.63, 3.8) is 0 Å². The number of hydrogen-bond donors (Lipinski definition) is 1. The molecule has 0 aliphatic carbocycles. The van der Waals surface area contributed by atoms with Crippen LogP contribution in [0.15, 0.2) is 17.4 Å². The van der Waals surface area contributed by atoms with Gasteiger partial charge in [-0.05, 0) is 6.26 Å². The Morgan fingerprint density at radius 2 is 2.00 bits per heavy atom. The molecule has 0 saturated carbocycles. The quantitative estimate of drug-likeness (QED) is 0.380. The highest BCUT2D eigenvalue weighted by Crippen LogP contribution is 2.32. The van der Waals surface area contributed by atoms with Crippen molar-refractivity contribution in [2.24, 2.45) is 5.41 Å². The number of aromatic nitrogens is 2. The Morgan fingerprint density at radius 1 is 1.38 bits per heavy atom. The number of amides is 1. The first-order valence-electron chi connectivity index (χ1n) is 5.95. The van der Waals surface area contributed by atoms with Crippen molar-refractivity contribution in [2.45, 2.75) is 35.9 Å². The van der Waals surface area contributed by atoms with Crippen molar-refractivity contribution in [1.29, 1.82) is 0 Å². The van der Waals surface area contributed by atoms with Crippen molar-refractivity contribution in [1.82, 2.24) is 15.3 Å². The van der Waals surface area contributed by atoms with Gasteiger partial charge in [0.15, 0.2) is 5.16 Å². The Hall–Kier alpha value is -0.430. The average molecular weight is 373 g/mol. The van der Waals surface area contributed by atoms with Crippen molar-refractivity contribution in [2.75, 3.05) is 6.26 Å². The molecule has 0 radical (unpaired) electrons. The first-order valence-corrected chi connectivity index (χ1v) is 8.31. The maximum atomic E-state index is 12.0. The fourth-order valence-corrected chi connectivity index (χ4v) is 1.77. The molecular formula is C12H16Cl3N3O2S. The summed E-state index contributed by atoms with van der Waals surface area (Å²) in [5.41, 5.74) is -0.645.